The predicted octanol–water partition coefficient (Wildman–Crippen LogP) is 5.43. The second-order valence-corrected chi connectivity index (χ2v) is 13.7. The predicted molar refractivity (Wildman–Crippen MR) is 135 cm³/mol. The summed E-state index contributed by atoms with van der Waals surface area (Å²) < 4.78 is 56.7. The van der Waals surface area contributed by atoms with E-state index in [0.29, 0.717) is 5.02 Å². The Balaban J connectivity index is 1.59. The molecule has 2 aromatic rings. The highest BCUT2D eigenvalue weighted by Gasteiger charge is 2.34. The number of halogens is 1. The molecular weight excluding hydrogens is 492 g/mol. The van der Waals surface area contributed by atoms with Gasteiger partial charge in [0.25, 0.3) is 0 Å². The molecule has 0 amide bonds. The lowest BCUT2D eigenvalue weighted by Crippen LogP contribution is -2.39. The van der Waals surface area contributed by atoms with E-state index in [1.54, 1.807) is 23.5 Å². The number of nitrogens with zero attached hydrogens (tertiary/aromatic N) is 2. The van der Waals surface area contributed by atoms with E-state index in [1.165, 1.54) is 28.6 Å². The summed E-state index contributed by atoms with van der Waals surface area (Å²) >= 11 is 6.00. The molecular formula is C25H33ClN2O4S2. The van der Waals surface area contributed by atoms with E-state index < -0.39 is 20.0 Å². The van der Waals surface area contributed by atoms with Gasteiger partial charge in [0.1, 0.15) is 0 Å². The number of rotatable bonds is 8. The summed E-state index contributed by atoms with van der Waals surface area (Å²) in [5, 5.41) is 0.606. The molecule has 9 heteroatoms. The number of hydrogen-bond donors (Lipinski definition) is 0. The maximum Gasteiger partial charge on any atom is 0.243 e. The molecule has 0 atom stereocenters. The monoisotopic (exact) mass is 524 g/mol. The third-order valence-electron chi connectivity index (χ3n) is 7.18. The molecule has 34 heavy (non-hydrogen) atoms. The Morgan fingerprint density at radius 1 is 0.706 bits per heavy atom. The second-order valence-electron chi connectivity index (χ2n) is 9.40. The van der Waals surface area contributed by atoms with Crippen molar-refractivity contribution in [1.29, 1.82) is 0 Å². The molecule has 0 aromatic heterocycles. The molecule has 0 radical (unpaired) electrons. The average molecular weight is 525 g/mol. The van der Waals surface area contributed by atoms with Crippen LogP contribution in [0, 0.1) is 0 Å². The van der Waals surface area contributed by atoms with Gasteiger partial charge in [-0.25, -0.2) is 16.8 Å². The standard InChI is InChI=1S/C25H33ClN2O4S2/c1-27(22-7-3-2-4-8-22)33(29,30)24-15-17-25(18-16-24)34(31,32)28(23-9-5-6-10-23)19-20-11-13-21(26)14-12-20/h11-18,22-23H,2-10,19H2,1H3. The Labute approximate surface area is 209 Å². The first-order valence-corrected chi connectivity index (χ1v) is 15.3. The third kappa shape index (κ3) is 5.51. The molecule has 0 aliphatic heterocycles. The van der Waals surface area contributed by atoms with Gasteiger partial charge in [0, 0.05) is 30.7 Å². The Hall–Kier alpha value is -1.45. The first-order chi connectivity index (χ1) is 16.2. The molecule has 0 unspecified atom stereocenters. The highest BCUT2D eigenvalue weighted by molar-refractivity contribution is 7.89. The minimum absolute atomic E-state index is 0.000562. The summed E-state index contributed by atoms with van der Waals surface area (Å²) in [6, 6.07) is 12.9. The van der Waals surface area contributed by atoms with Gasteiger partial charge in [0.2, 0.25) is 20.0 Å². The average Bonchev–Trinajstić information content (AvgIpc) is 3.38. The fourth-order valence-corrected chi connectivity index (χ4v) is 8.31. The molecule has 6 nitrogen and oxygen atoms in total. The Kier molecular flexibility index (Phi) is 8.04. The van der Waals surface area contributed by atoms with Crippen molar-refractivity contribution in [3.8, 4) is 0 Å². The molecule has 0 saturated heterocycles. The van der Waals surface area contributed by atoms with Crippen LogP contribution >= 0.6 is 11.6 Å². The normalized spacial score (nSPS) is 18.7. The van der Waals surface area contributed by atoms with Gasteiger partial charge in [-0.1, -0.05) is 55.8 Å². The van der Waals surface area contributed by atoms with Crippen LogP contribution in [0.2, 0.25) is 5.02 Å². The van der Waals surface area contributed by atoms with Crippen molar-refractivity contribution in [3.05, 3.63) is 59.1 Å². The highest BCUT2D eigenvalue weighted by Crippen LogP contribution is 2.32. The minimum atomic E-state index is -3.80. The summed E-state index contributed by atoms with van der Waals surface area (Å²) in [5.74, 6) is 0. The Bertz CT molecular complexity index is 1170. The van der Waals surface area contributed by atoms with Crippen LogP contribution in [0.25, 0.3) is 0 Å². The second kappa shape index (κ2) is 10.7. The molecule has 2 aromatic carbocycles. The minimum Gasteiger partial charge on any atom is -0.207 e. The van der Waals surface area contributed by atoms with Gasteiger partial charge in [0.15, 0.2) is 0 Å². The van der Waals surface area contributed by atoms with Gasteiger partial charge in [-0.05, 0) is 67.6 Å². The van der Waals surface area contributed by atoms with Crippen molar-refractivity contribution in [2.45, 2.75) is 86.2 Å². The van der Waals surface area contributed by atoms with E-state index in [1.807, 2.05) is 12.1 Å². The van der Waals surface area contributed by atoms with Crippen LogP contribution in [0.1, 0.15) is 63.4 Å². The van der Waals surface area contributed by atoms with Crippen LogP contribution in [-0.4, -0.2) is 44.6 Å². The van der Waals surface area contributed by atoms with Gasteiger partial charge < -0.3 is 0 Å². The lowest BCUT2D eigenvalue weighted by Gasteiger charge is -2.30. The quantitative estimate of drug-likeness (QED) is 0.461. The molecule has 186 valence electrons. The summed E-state index contributed by atoms with van der Waals surface area (Å²) in [4.78, 5) is 0.247. The highest BCUT2D eigenvalue weighted by atomic mass is 35.5. The van der Waals surface area contributed by atoms with Crippen LogP contribution in [0.5, 0.6) is 0 Å². The first-order valence-electron chi connectivity index (χ1n) is 12.0. The van der Waals surface area contributed by atoms with E-state index >= 15 is 0 Å². The molecule has 0 bridgehead atoms. The Morgan fingerprint density at radius 2 is 1.18 bits per heavy atom. The zero-order valence-electron chi connectivity index (χ0n) is 19.6. The maximum atomic E-state index is 13.7. The lowest BCUT2D eigenvalue weighted by atomic mass is 9.96. The van der Waals surface area contributed by atoms with E-state index in [4.69, 9.17) is 11.6 Å². The van der Waals surface area contributed by atoms with E-state index in [0.717, 1.165) is 63.4 Å². The van der Waals surface area contributed by atoms with Crippen LogP contribution in [0.4, 0.5) is 0 Å². The fraction of sp³-hybridized carbons (Fsp3) is 0.520. The molecule has 4 rings (SSSR count). The van der Waals surface area contributed by atoms with Crippen molar-refractivity contribution >= 4 is 31.6 Å². The maximum absolute atomic E-state index is 13.7. The van der Waals surface area contributed by atoms with Gasteiger partial charge in [-0.15, -0.1) is 0 Å². The SMILES string of the molecule is CN(C1CCCCC1)S(=O)(=O)c1ccc(S(=O)(=O)N(Cc2ccc(Cl)cc2)C2CCCC2)cc1. The van der Waals surface area contributed by atoms with Crippen LogP contribution in [-0.2, 0) is 26.6 Å². The number of benzene rings is 2. The fourth-order valence-electron chi connectivity index (χ4n) is 5.10. The molecule has 2 aliphatic carbocycles. The van der Waals surface area contributed by atoms with Crippen molar-refractivity contribution in [1.82, 2.24) is 8.61 Å². The Morgan fingerprint density at radius 3 is 1.74 bits per heavy atom. The van der Waals surface area contributed by atoms with Crippen LogP contribution in [0.15, 0.2) is 58.3 Å². The largest absolute Gasteiger partial charge is 0.243 e. The van der Waals surface area contributed by atoms with Gasteiger partial charge in [0.05, 0.1) is 9.79 Å². The summed E-state index contributed by atoms with van der Waals surface area (Å²) in [6.07, 6.45) is 8.59. The summed E-state index contributed by atoms with van der Waals surface area (Å²) in [6.45, 7) is 0.259. The van der Waals surface area contributed by atoms with Crippen LogP contribution < -0.4 is 0 Å². The molecule has 2 fully saturated rings. The van der Waals surface area contributed by atoms with Crippen molar-refractivity contribution < 1.29 is 16.8 Å². The first kappa shape index (κ1) is 25.6. The zero-order chi connectivity index (χ0) is 24.3. The third-order valence-corrected chi connectivity index (χ3v) is 11.3. The molecule has 2 aliphatic rings. The lowest BCUT2D eigenvalue weighted by molar-refractivity contribution is 0.286. The van der Waals surface area contributed by atoms with Gasteiger partial charge in [-0.3, -0.25) is 0 Å². The molecule has 0 heterocycles. The van der Waals surface area contributed by atoms with E-state index in [9.17, 15) is 16.8 Å². The topological polar surface area (TPSA) is 74.8 Å². The van der Waals surface area contributed by atoms with Crippen molar-refractivity contribution in [3.63, 3.8) is 0 Å². The molecule has 0 N–H and O–H groups in total. The molecule has 2 saturated carbocycles. The van der Waals surface area contributed by atoms with Gasteiger partial charge >= 0.3 is 0 Å². The zero-order valence-corrected chi connectivity index (χ0v) is 22.0. The van der Waals surface area contributed by atoms with Gasteiger partial charge in [-0.2, -0.15) is 8.61 Å². The summed E-state index contributed by atoms with van der Waals surface area (Å²) in [5.41, 5.74) is 0.869. The number of hydrogen-bond acceptors (Lipinski definition) is 4. The van der Waals surface area contributed by atoms with E-state index in [-0.39, 0.29) is 28.4 Å². The smallest absolute Gasteiger partial charge is 0.207 e. The molecule has 0 spiro atoms. The van der Waals surface area contributed by atoms with Crippen molar-refractivity contribution in [2.75, 3.05) is 7.05 Å². The van der Waals surface area contributed by atoms with E-state index in [2.05, 4.69) is 0 Å². The number of sulfonamides is 2. The summed E-state index contributed by atoms with van der Waals surface area (Å²) in [7, 11) is -5.85. The van der Waals surface area contributed by atoms with Crippen molar-refractivity contribution in [2.24, 2.45) is 0 Å². The van der Waals surface area contributed by atoms with Crippen LogP contribution in [0.3, 0.4) is 0 Å².